The van der Waals surface area contributed by atoms with E-state index in [2.05, 4.69) is 16.7 Å². The monoisotopic (exact) mass is 537 g/mol. The highest BCUT2D eigenvalue weighted by Crippen LogP contribution is 2.46. The fraction of sp³-hybridized carbons (Fsp3) is 0.500. The summed E-state index contributed by atoms with van der Waals surface area (Å²) >= 11 is 0. The third-order valence-electron chi connectivity index (χ3n) is 8.04. The number of amides is 1. The number of hydrogen-bond donors (Lipinski definition) is 2. The van der Waals surface area contributed by atoms with Gasteiger partial charge in [0.1, 0.15) is 0 Å². The van der Waals surface area contributed by atoms with E-state index in [1.807, 2.05) is 26.0 Å². The zero-order chi connectivity index (χ0) is 27.9. The standard InChI is InChI=1S/C28H29F6N3O/c1-16(2)26(9-8-21(13-26)37-24-7-6-22-18(14-35)4-3-5-23(22)24)25(38)36-15-17-10-19(27(29,30)31)12-20(11-17)28(32,33)34/h3-5,10-12,16,21,24,37H,6-9,13,15H2,1-2H3,(H,36,38)/t21-,24?,26+/m1/s1. The fourth-order valence-corrected chi connectivity index (χ4v) is 5.91. The van der Waals surface area contributed by atoms with Gasteiger partial charge in [0, 0.05) is 18.6 Å². The largest absolute Gasteiger partial charge is 0.416 e. The van der Waals surface area contributed by atoms with E-state index in [-0.39, 0.29) is 35.5 Å². The van der Waals surface area contributed by atoms with Gasteiger partial charge in [0.05, 0.1) is 28.2 Å². The zero-order valence-corrected chi connectivity index (χ0v) is 21.1. The topological polar surface area (TPSA) is 64.9 Å². The molecule has 2 N–H and O–H groups in total. The molecule has 1 amide bonds. The maximum Gasteiger partial charge on any atom is 0.416 e. The van der Waals surface area contributed by atoms with Crippen molar-refractivity contribution in [2.45, 2.75) is 76.9 Å². The smallest absolute Gasteiger partial charge is 0.352 e. The molecule has 4 rings (SSSR count). The normalized spacial score (nSPS) is 23.4. The van der Waals surface area contributed by atoms with Gasteiger partial charge in [-0.25, -0.2) is 0 Å². The van der Waals surface area contributed by atoms with Crippen molar-refractivity contribution in [1.29, 1.82) is 5.26 Å². The number of alkyl halides is 6. The molecule has 0 bridgehead atoms. The minimum absolute atomic E-state index is 0.00947. The Labute approximate surface area is 217 Å². The Morgan fingerprint density at radius 3 is 2.32 bits per heavy atom. The van der Waals surface area contributed by atoms with E-state index in [9.17, 15) is 36.4 Å². The molecule has 0 aromatic heterocycles. The number of fused-ring (bicyclic) bond motifs is 1. The SMILES string of the molecule is CC(C)[C@]1(C(=O)NCc2cc(C(F)(F)F)cc(C(F)(F)F)c2)CC[C@@H](NC2CCc3c(C#N)cccc32)C1. The Morgan fingerprint density at radius 1 is 1.08 bits per heavy atom. The molecule has 2 aliphatic rings. The summed E-state index contributed by atoms with van der Waals surface area (Å²) in [5.74, 6) is -0.469. The first-order valence-electron chi connectivity index (χ1n) is 12.6. The third-order valence-corrected chi connectivity index (χ3v) is 8.04. The van der Waals surface area contributed by atoms with Crippen LogP contribution < -0.4 is 10.6 Å². The van der Waals surface area contributed by atoms with Crippen LogP contribution in [0.25, 0.3) is 0 Å². The van der Waals surface area contributed by atoms with Crippen molar-refractivity contribution in [3.8, 4) is 6.07 Å². The minimum atomic E-state index is -4.95. The first kappa shape index (κ1) is 28.0. The number of hydrogen-bond acceptors (Lipinski definition) is 3. The number of halogens is 6. The molecule has 0 spiro atoms. The van der Waals surface area contributed by atoms with Gasteiger partial charge >= 0.3 is 12.4 Å². The molecule has 2 aliphatic carbocycles. The van der Waals surface area contributed by atoms with E-state index in [0.29, 0.717) is 37.0 Å². The molecule has 1 saturated carbocycles. The lowest BCUT2D eigenvalue weighted by Gasteiger charge is -2.33. The summed E-state index contributed by atoms with van der Waals surface area (Å²) in [6.45, 7) is 3.36. The second-order valence-electron chi connectivity index (χ2n) is 10.6. The molecule has 0 aliphatic heterocycles. The van der Waals surface area contributed by atoms with Crippen LogP contribution in [0.1, 0.15) is 79.0 Å². The molecular formula is C28H29F6N3O. The second-order valence-corrected chi connectivity index (χ2v) is 10.6. The Bertz CT molecular complexity index is 1210. The Balaban J connectivity index is 1.47. The van der Waals surface area contributed by atoms with E-state index < -0.39 is 35.4 Å². The molecular weight excluding hydrogens is 508 g/mol. The van der Waals surface area contributed by atoms with Gasteiger partial charge in [0.2, 0.25) is 5.91 Å². The number of nitrogens with zero attached hydrogens (tertiary/aromatic N) is 1. The van der Waals surface area contributed by atoms with Gasteiger partial charge in [-0.15, -0.1) is 0 Å². The average molecular weight is 538 g/mol. The van der Waals surface area contributed by atoms with Crippen molar-refractivity contribution in [2.75, 3.05) is 0 Å². The van der Waals surface area contributed by atoms with Crippen molar-refractivity contribution >= 4 is 5.91 Å². The number of carbonyl (C=O) groups is 1. The molecule has 2 aromatic rings. The van der Waals surface area contributed by atoms with Gasteiger partial charge in [0.15, 0.2) is 0 Å². The lowest BCUT2D eigenvalue weighted by molar-refractivity contribution is -0.143. The number of nitriles is 1. The predicted octanol–water partition coefficient (Wildman–Crippen LogP) is 6.68. The van der Waals surface area contributed by atoms with E-state index >= 15 is 0 Å². The first-order chi connectivity index (χ1) is 17.7. The van der Waals surface area contributed by atoms with Gasteiger partial charge < -0.3 is 10.6 Å². The zero-order valence-electron chi connectivity index (χ0n) is 21.1. The summed E-state index contributed by atoms with van der Waals surface area (Å²) in [4.78, 5) is 13.4. The molecule has 2 aromatic carbocycles. The van der Waals surface area contributed by atoms with Crippen LogP contribution in [0, 0.1) is 22.7 Å². The summed E-state index contributed by atoms with van der Waals surface area (Å²) in [6.07, 6.45) is -6.53. The van der Waals surface area contributed by atoms with Gasteiger partial charge in [-0.1, -0.05) is 26.0 Å². The first-order valence-corrected chi connectivity index (χ1v) is 12.6. The summed E-state index contributed by atoms with van der Waals surface area (Å²) in [5.41, 5.74) is -1.09. The van der Waals surface area contributed by atoms with Crippen molar-refractivity contribution in [3.63, 3.8) is 0 Å². The van der Waals surface area contributed by atoms with Crippen molar-refractivity contribution in [2.24, 2.45) is 11.3 Å². The van der Waals surface area contributed by atoms with Crippen LogP contribution in [0.3, 0.4) is 0 Å². The fourth-order valence-electron chi connectivity index (χ4n) is 5.91. The van der Waals surface area contributed by atoms with E-state index in [1.165, 1.54) is 0 Å². The van der Waals surface area contributed by atoms with Gasteiger partial charge in [-0.2, -0.15) is 31.6 Å². The highest BCUT2D eigenvalue weighted by molar-refractivity contribution is 5.83. The van der Waals surface area contributed by atoms with Crippen LogP contribution in [-0.4, -0.2) is 11.9 Å². The molecule has 204 valence electrons. The van der Waals surface area contributed by atoms with Crippen LogP contribution in [-0.2, 0) is 30.1 Å². The maximum absolute atomic E-state index is 13.4. The summed E-state index contributed by atoms with van der Waals surface area (Å²) < 4.78 is 79.3. The second kappa shape index (κ2) is 10.3. The third kappa shape index (κ3) is 5.53. The van der Waals surface area contributed by atoms with Gasteiger partial charge in [-0.05, 0) is 79.0 Å². The molecule has 1 fully saturated rings. The number of rotatable bonds is 6. The van der Waals surface area contributed by atoms with E-state index in [1.54, 1.807) is 6.07 Å². The molecule has 0 radical (unpaired) electrons. The Kier molecular flexibility index (Phi) is 7.54. The minimum Gasteiger partial charge on any atom is -0.352 e. The van der Waals surface area contributed by atoms with Gasteiger partial charge in [0.25, 0.3) is 0 Å². The number of benzene rings is 2. The van der Waals surface area contributed by atoms with Gasteiger partial charge in [-0.3, -0.25) is 4.79 Å². The highest BCUT2D eigenvalue weighted by atomic mass is 19.4. The van der Waals surface area contributed by atoms with E-state index in [4.69, 9.17) is 0 Å². The molecule has 3 atom stereocenters. The van der Waals surface area contributed by atoms with Crippen LogP contribution >= 0.6 is 0 Å². The number of nitrogens with one attached hydrogen (secondary N) is 2. The maximum atomic E-state index is 13.4. The molecule has 0 heterocycles. The van der Waals surface area contributed by atoms with Crippen LogP contribution in [0.2, 0.25) is 0 Å². The summed E-state index contributed by atoms with van der Waals surface area (Å²) in [6, 6.07) is 9.32. The van der Waals surface area contributed by atoms with Crippen LogP contribution in [0.5, 0.6) is 0 Å². The number of carbonyl (C=O) groups excluding carboxylic acids is 1. The Hall–Kier alpha value is -3.06. The van der Waals surface area contributed by atoms with Crippen molar-refractivity contribution in [1.82, 2.24) is 10.6 Å². The lowest BCUT2D eigenvalue weighted by Crippen LogP contribution is -2.44. The quantitative estimate of drug-likeness (QED) is 0.404. The van der Waals surface area contributed by atoms with Crippen molar-refractivity contribution in [3.05, 3.63) is 69.8 Å². The molecule has 38 heavy (non-hydrogen) atoms. The average Bonchev–Trinajstić information content (AvgIpc) is 3.47. The molecule has 1 unspecified atom stereocenters. The van der Waals surface area contributed by atoms with Crippen molar-refractivity contribution < 1.29 is 31.1 Å². The highest BCUT2D eigenvalue weighted by Gasteiger charge is 2.48. The summed E-state index contributed by atoms with van der Waals surface area (Å²) in [7, 11) is 0. The Morgan fingerprint density at radius 2 is 1.74 bits per heavy atom. The van der Waals surface area contributed by atoms with E-state index in [0.717, 1.165) is 24.0 Å². The van der Waals surface area contributed by atoms with Crippen LogP contribution in [0.15, 0.2) is 36.4 Å². The lowest BCUT2D eigenvalue weighted by atomic mass is 9.74. The molecule has 4 nitrogen and oxygen atoms in total. The molecule has 0 saturated heterocycles. The molecule has 10 heteroatoms. The summed E-state index contributed by atoms with van der Waals surface area (Å²) in [5, 5.41) is 15.6. The van der Waals surface area contributed by atoms with Crippen LogP contribution in [0.4, 0.5) is 26.3 Å². The predicted molar refractivity (Wildman–Crippen MR) is 129 cm³/mol.